The van der Waals surface area contributed by atoms with Crippen LogP contribution in [0.25, 0.3) is 0 Å². The second-order valence-electron chi connectivity index (χ2n) is 5.81. The predicted molar refractivity (Wildman–Crippen MR) is 98.2 cm³/mol. The van der Waals surface area contributed by atoms with Crippen molar-refractivity contribution in [1.29, 1.82) is 0 Å². The van der Waals surface area contributed by atoms with Crippen molar-refractivity contribution in [2.45, 2.75) is 11.4 Å². The minimum atomic E-state index is -4.39. The van der Waals surface area contributed by atoms with Gasteiger partial charge in [0.2, 0.25) is 0 Å². The number of amides is 1. The van der Waals surface area contributed by atoms with E-state index in [-0.39, 0.29) is 11.3 Å². The molecule has 0 unspecified atom stereocenters. The quantitative estimate of drug-likeness (QED) is 0.638. The molecule has 0 aliphatic carbocycles. The Morgan fingerprint density at radius 2 is 1.64 bits per heavy atom. The summed E-state index contributed by atoms with van der Waals surface area (Å²) < 4.78 is 55.7. The fourth-order valence-electron chi connectivity index (χ4n) is 2.38. The number of benzene rings is 3. The lowest BCUT2D eigenvalue weighted by molar-refractivity contribution is 0.0950. The number of nitrogens with one attached hydrogen (secondary N) is 1. The third kappa shape index (κ3) is 4.72. The number of carbonyl (C=O) groups excluding carboxylic acids is 1. The van der Waals surface area contributed by atoms with Gasteiger partial charge in [0.05, 0.1) is 0 Å². The summed E-state index contributed by atoms with van der Waals surface area (Å²) in [6.07, 6.45) is 0. The first kappa shape index (κ1) is 19.5. The molecule has 0 fully saturated rings. The summed E-state index contributed by atoms with van der Waals surface area (Å²) in [5.41, 5.74) is 1.10. The normalized spacial score (nSPS) is 11.1. The maximum absolute atomic E-state index is 13.3. The minimum absolute atomic E-state index is 0.128. The minimum Gasteiger partial charge on any atom is -0.379 e. The Labute approximate surface area is 160 Å². The largest absolute Gasteiger partial charge is 0.379 e. The molecule has 28 heavy (non-hydrogen) atoms. The van der Waals surface area contributed by atoms with Gasteiger partial charge in [-0.3, -0.25) is 4.79 Å². The van der Waals surface area contributed by atoms with Gasteiger partial charge in [-0.2, -0.15) is 8.42 Å². The Hall–Kier alpha value is -3.26. The van der Waals surface area contributed by atoms with E-state index in [1.54, 1.807) is 0 Å². The zero-order valence-electron chi connectivity index (χ0n) is 14.4. The van der Waals surface area contributed by atoms with Gasteiger partial charge in [-0.25, -0.2) is 8.78 Å². The fourth-order valence-corrected chi connectivity index (χ4v) is 3.31. The average Bonchev–Trinajstić information content (AvgIpc) is 2.69. The number of carbonyl (C=O) groups is 1. The van der Waals surface area contributed by atoms with Gasteiger partial charge in [0, 0.05) is 12.1 Å². The van der Waals surface area contributed by atoms with Crippen LogP contribution < -0.4 is 9.50 Å². The molecule has 144 valence electrons. The molecule has 3 rings (SSSR count). The first-order valence-electron chi connectivity index (χ1n) is 8.17. The standard InChI is InChI=1S/C20H15F2NO4S/c21-18-10-9-17(12-19(18)22)28(25,26)27-16-8-4-7-15(11-16)20(24)23-13-14-5-2-1-3-6-14/h1-12H,13H2,(H,23,24). The van der Waals surface area contributed by atoms with Crippen molar-refractivity contribution >= 4 is 16.0 Å². The van der Waals surface area contributed by atoms with E-state index in [1.165, 1.54) is 24.3 Å². The summed E-state index contributed by atoms with van der Waals surface area (Å²) in [6.45, 7) is 0.303. The number of halogens is 2. The molecule has 0 aromatic heterocycles. The lowest BCUT2D eigenvalue weighted by Crippen LogP contribution is -2.22. The summed E-state index contributed by atoms with van der Waals surface area (Å²) in [7, 11) is -4.39. The van der Waals surface area contributed by atoms with Crippen LogP contribution in [0.4, 0.5) is 8.78 Å². The molecule has 0 radical (unpaired) electrons. The van der Waals surface area contributed by atoms with Crippen molar-refractivity contribution in [2.75, 3.05) is 0 Å². The van der Waals surface area contributed by atoms with Crippen molar-refractivity contribution in [3.8, 4) is 5.75 Å². The highest BCUT2D eigenvalue weighted by Crippen LogP contribution is 2.21. The highest BCUT2D eigenvalue weighted by molar-refractivity contribution is 7.87. The maximum atomic E-state index is 13.3. The molecule has 1 N–H and O–H groups in total. The maximum Gasteiger partial charge on any atom is 0.339 e. The molecule has 0 bridgehead atoms. The first-order chi connectivity index (χ1) is 13.3. The van der Waals surface area contributed by atoms with Gasteiger partial charge in [0.25, 0.3) is 5.91 Å². The zero-order valence-corrected chi connectivity index (χ0v) is 15.2. The van der Waals surface area contributed by atoms with Gasteiger partial charge < -0.3 is 9.50 Å². The van der Waals surface area contributed by atoms with Crippen LogP contribution in [0.2, 0.25) is 0 Å². The van der Waals surface area contributed by atoms with Crippen LogP contribution in [-0.4, -0.2) is 14.3 Å². The average molecular weight is 403 g/mol. The van der Waals surface area contributed by atoms with Crippen LogP contribution in [-0.2, 0) is 16.7 Å². The van der Waals surface area contributed by atoms with Gasteiger partial charge in [-0.05, 0) is 42.0 Å². The van der Waals surface area contributed by atoms with Crippen LogP contribution in [0.3, 0.4) is 0 Å². The number of hydrogen-bond donors (Lipinski definition) is 1. The molecule has 0 atom stereocenters. The Morgan fingerprint density at radius 1 is 0.893 bits per heavy atom. The smallest absolute Gasteiger partial charge is 0.339 e. The third-order valence-corrected chi connectivity index (χ3v) is 5.02. The van der Waals surface area contributed by atoms with E-state index in [1.807, 2.05) is 30.3 Å². The molecule has 0 saturated carbocycles. The van der Waals surface area contributed by atoms with Crippen molar-refractivity contribution < 1.29 is 26.2 Å². The van der Waals surface area contributed by atoms with Crippen LogP contribution in [0.1, 0.15) is 15.9 Å². The van der Waals surface area contributed by atoms with Gasteiger partial charge >= 0.3 is 10.1 Å². The van der Waals surface area contributed by atoms with E-state index in [9.17, 15) is 22.0 Å². The summed E-state index contributed by atoms with van der Waals surface area (Å²) in [4.78, 5) is 11.7. The second kappa shape index (κ2) is 8.18. The van der Waals surface area contributed by atoms with E-state index >= 15 is 0 Å². The Bertz CT molecular complexity index is 1100. The molecule has 3 aromatic rings. The molecule has 0 aliphatic rings. The molecule has 0 aliphatic heterocycles. The van der Waals surface area contributed by atoms with E-state index in [0.29, 0.717) is 18.7 Å². The predicted octanol–water partition coefficient (Wildman–Crippen LogP) is 3.66. The van der Waals surface area contributed by atoms with E-state index in [0.717, 1.165) is 11.6 Å². The molecular weight excluding hydrogens is 388 g/mol. The Kier molecular flexibility index (Phi) is 5.70. The van der Waals surface area contributed by atoms with Crippen LogP contribution in [0, 0.1) is 11.6 Å². The molecule has 0 spiro atoms. The molecule has 5 nitrogen and oxygen atoms in total. The van der Waals surface area contributed by atoms with Crippen molar-refractivity contribution in [2.24, 2.45) is 0 Å². The van der Waals surface area contributed by atoms with Gasteiger partial charge in [-0.1, -0.05) is 36.4 Å². The van der Waals surface area contributed by atoms with Gasteiger partial charge in [-0.15, -0.1) is 0 Å². The zero-order chi connectivity index (χ0) is 20.1. The number of rotatable bonds is 6. The Balaban J connectivity index is 1.73. The van der Waals surface area contributed by atoms with E-state index < -0.39 is 32.6 Å². The van der Waals surface area contributed by atoms with Crippen molar-refractivity contribution in [1.82, 2.24) is 5.32 Å². The molecule has 8 heteroatoms. The summed E-state index contributed by atoms with van der Waals surface area (Å²) >= 11 is 0. The summed E-state index contributed by atoms with van der Waals surface area (Å²) in [5, 5.41) is 2.72. The lowest BCUT2D eigenvalue weighted by Gasteiger charge is -2.09. The van der Waals surface area contributed by atoms with E-state index in [4.69, 9.17) is 4.18 Å². The molecule has 0 saturated heterocycles. The highest BCUT2D eigenvalue weighted by atomic mass is 32.2. The summed E-state index contributed by atoms with van der Waals surface area (Å²) in [5.74, 6) is -3.02. The van der Waals surface area contributed by atoms with Crippen LogP contribution in [0.15, 0.2) is 77.7 Å². The van der Waals surface area contributed by atoms with Crippen LogP contribution >= 0.6 is 0 Å². The molecule has 3 aromatic carbocycles. The van der Waals surface area contributed by atoms with Crippen molar-refractivity contribution in [3.63, 3.8) is 0 Å². The topological polar surface area (TPSA) is 72.5 Å². The van der Waals surface area contributed by atoms with Gasteiger partial charge in [0.15, 0.2) is 11.6 Å². The highest BCUT2D eigenvalue weighted by Gasteiger charge is 2.19. The number of hydrogen-bond acceptors (Lipinski definition) is 4. The molecular formula is C20H15F2NO4S. The monoisotopic (exact) mass is 403 g/mol. The van der Waals surface area contributed by atoms with Crippen molar-refractivity contribution in [3.05, 3.63) is 95.6 Å². The molecule has 0 heterocycles. The first-order valence-corrected chi connectivity index (χ1v) is 9.58. The second-order valence-corrected chi connectivity index (χ2v) is 7.36. The SMILES string of the molecule is O=C(NCc1ccccc1)c1cccc(OS(=O)(=O)c2ccc(F)c(F)c2)c1. The van der Waals surface area contributed by atoms with E-state index in [2.05, 4.69) is 5.32 Å². The molecule has 1 amide bonds. The fraction of sp³-hybridized carbons (Fsp3) is 0.0500. The summed E-state index contributed by atoms with van der Waals surface area (Å²) in [6, 6.07) is 16.9. The van der Waals surface area contributed by atoms with Gasteiger partial charge in [0.1, 0.15) is 10.6 Å². The lowest BCUT2D eigenvalue weighted by atomic mass is 10.2. The third-order valence-electron chi connectivity index (χ3n) is 3.78. The van der Waals surface area contributed by atoms with Crippen LogP contribution in [0.5, 0.6) is 5.75 Å². The Morgan fingerprint density at radius 3 is 2.36 bits per heavy atom.